The van der Waals surface area contributed by atoms with Crippen LogP contribution < -0.4 is 14.8 Å². The van der Waals surface area contributed by atoms with Crippen molar-refractivity contribution in [2.75, 3.05) is 13.3 Å². The fourth-order valence-corrected chi connectivity index (χ4v) is 4.04. The van der Waals surface area contributed by atoms with Gasteiger partial charge in [-0.25, -0.2) is 0 Å². The van der Waals surface area contributed by atoms with E-state index in [1.54, 1.807) is 0 Å². The summed E-state index contributed by atoms with van der Waals surface area (Å²) in [5.41, 5.74) is 2.38. The molecule has 1 N–H and O–H groups in total. The molecule has 6 heteroatoms. The SMILES string of the molecule is CC(C(=O)NCc1ccc2c(c1)OCO2)N1CCc2sccc2C1. The standard InChI is InChI=1S/C18H20N2O3S/c1-12(20-6-4-17-14(10-20)5-7-24-17)18(21)19-9-13-2-3-15-16(8-13)23-11-22-15/h2-3,5,7-8,12H,4,6,9-11H2,1H3,(H,19,21). The number of carbonyl (C=O) groups is 1. The maximum Gasteiger partial charge on any atom is 0.237 e. The summed E-state index contributed by atoms with van der Waals surface area (Å²) in [6.07, 6.45) is 1.03. The van der Waals surface area contributed by atoms with Gasteiger partial charge < -0.3 is 14.8 Å². The third kappa shape index (κ3) is 2.99. The molecule has 4 rings (SSSR count). The first-order valence-electron chi connectivity index (χ1n) is 8.16. The number of benzene rings is 1. The van der Waals surface area contributed by atoms with Crippen molar-refractivity contribution in [2.45, 2.75) is 32.5 Å². The predicted molar refractivity (Wildman–Crippen MR) is 92.3 cm³/mol. The van der Waals surface area contributed by atoms with E-state index < -0.39 is 0 Å². The van der Waals surface area contributed by atoms with Crippen LogP contribution in [0.5, 0.6) is 11.5 Å². The molecule has 2 aliphatic heterocycles. The highest BCUT2D eigenvalue weighted by Crippen LogP contribution is 2.32. The van der Waals surface area contributed by atoms with E-state index in [-0.39, 0.29) is 18.7 Å². The van der Waals surface area contributed by atoms with Crippen LogP contribution in [0.1, 0.15) is 22.9 Å². The summed E-state index contributed by atoms with van der Waals surface area (Å²) < 4.78 is 10.7. The molecule has 0 bridgehead atoms. The van der Waals surface area contributed by atoms with Gasteiger partial charge in [0.2, 0.25) is 12.7 Å². The van der Waals surface area contributed by atoms with E-state index >= 15 is 0 Å². The van der Waals surface area contributed by atoms with E-state index in [1.807, 2.05) is 36.5 Å². The van der Waals surface area contributed by atoms with Gasteiger partial charge in [0.05, 0.1) is 6.04 Å². The highest BCUT2D eigenvalue weighted by Gasteiger charge is 2.25. The lowest BCUT2D eigenvalue weighted by atomic mass is 10.1. The van der Waals surface area contributed by atoms with Crippen LogP contribution in [0.2, 0.25) is 0 Å². The van der Waals surface area contributed by atoms with Gasteiger partial charge in [0.15, 0.2) is 11.5 Å². The van der Waals surface area contributed by atoms with Gasteiger partial charge in [0.25, 0.3) is 0 Å². The number of rotatable bonds is 4. The molecule has 3 heterocycles. The maximum absolute atomic E-state index is 12.5. The predicted octanol–water partition coefficient (Wildman–Crippen LogP) is 2.54. The van der Waals surface area contributed by atoms with E-state index in [0.717, 1.165) is 36.6 Å². The van der Waals surface area contributed by atoms with Crippen LogP contribution >= 0.6 is 11.3 Å². The molecular formula is C18H20N2O3S. The third-order valence-electron chi connectivity index (χ3n) is 4.67. The highest BCUT2D eigenvalue weighted by atomic mass is 32.1. The molecule has 2 aromatic rings. The number of carbonyl (C=O) groups excluding carboxylic acids is 1. The van der Waals surface area contributed by atoms with Crippen molar-refractivity contribution >= 4 is 17.2 Å². The Bertz CT molecular complexity index is 758. The number of amides is 1. The third-order valence-corrected chi connectivity index (χ3v) is 5.69. The van der Waals surface area contributed by atoms with Crippen LogP contribution in [0.3, 0.4) is 0 Å². The lowest BCUT2D eigenvalue weighted by molar-refractivity contribution is -0.126. The minimum Gasteiger partial charge on any atom is -0.454 e. The maximum atomic E-state index is 12.5. The Morgan fingerprint density at radius 1 is 1.33 bits per heavy atom. The first-order chi connectivity index (χ1) is 11.7. The smallest absolute Gasteiger partial charge is 0.237 e. The zero-order valence-corrected chi connectivity index (χ0v) is 14.4. The number of hydrogen-bond acceptors (Lipinski definition) is 5. The summed E-state index contributed by atoms with van der Waals surface area (Å²) in [4.78, 5) is 16.2. The van der Waals surface area contributed by atoms with E-state index in [0.29, 0.717) is 6.54 Å². The Morgan fingerprint density at radius 2 is 2.21 bits per heavy atom. The topological polar surface area (TPSA) is 50.8 Å². The second kappa shape index (κ2) is 6.45. The molecule has 0 aliphatic carbocycles. The van der Waals surface area contributed by atoms with Crippen molar-refractivity contribution in [1.29, 1.82) is 0 Å². The molecule has 0 radical (unpaired) electrons. The number of hydrogen-bond donors (Lipinski definition) is 1. The van der Waals surface area contributed by atoms with Crippen molar-refractivity contribution in [1.82, 2.24) is 10.2 Å². The van der Waals surface area contributed by atoms with Crippen LogP contribution in [-0.4, -0.2) is 30.2 Å². The van der Waals surface area contributed by atoms with Gasteiger partial charge in [-0.1, -0.05) is 6.07 Å². The molecule has 1 aromatic heterocycles. The minimum absolute atomic E-state index is 0.0614. The van der Waals surface area contributed by atoms with E-state index in [1.165, 1.54) is 10.4 Å². The fourth-order valence-electron chi connectivity index (χ4n) is 3.15. The van der Waals surface area contributed by atoms with Crippen LogP contribution in [-0.2, 0) is 24.3 Å². The molecule has 126 valence electrons. The summed E-state index contributed by atoms with van der Waals surface area (Å²) in [7, 11) is 0. The Labute approximate surface area is 145 Å². The van der Waals surface area contributed by atoms with Crippen LogP contribution in [0.25, 0.3) is 0 Å². The Balaban J connectivity index is 1.34. The number of nitrogens with zero attached hydrogens (tertiary/aromatic N) is 1. The van der Waals surface area contributed by atoms with Gasteiger partial charge in [-0.05, 0) is 48.1 Å². The van der Waals surface area contributed by atoms with Gasteiger partial charge in [-0.2, -0.15) is 0 Å². The van der Waals surface area contributed by atoms with Crippen LogP contribution in [0, 0.1) is 0 Å². The monoisotopic (exact) mass is 344 g/mol. The summed E-state index contributed by atoms with van der Waals surface area (Å²) in [6.45, 7) is 4.54. The van der Waals surface area contributed by atoms with Gasteiger partial charge >= 0.3 is 0 Å². The van der Waals surface area contributed by atoms with Crippen molar-refractivity contribution in [3.63, 3.8) is 0 Å². The van der Waals surface area contributed by atoms with Gasteiger partial charge in [0, 0.05) is 24.5 Å². The van der Waals surface area contributed by atoms with Crippen LogP contribution in [0.15, 0.2) is 29.6 Å². The fraction of sp³-hybridized carbons (Fsp3) is 0.389. The molecular weight excluding hydrogens is 324 g/mol. The Kier molecular flexibility index (Phi) is 4.16. The largest absolute Gasteiger partial charge is 0.454 e. The van der Waals surface area contributed by atoms with Gasteiger partial charge in [0.1, 0.15) is 0 Å². The summed E-state index contributed by atoms with van der Waals surface area (Å²) in [6, 6.07) is 7.80. The normalized spacial score (nSPS) is 17.4. The molecule has 24 heavy (non-hydrogen) atoms. The first kappa shape index (κ1) is 15.5. The number of ether oxygens (including phenoxy) is 2. The Hall–Kier alpha value is -2.05. The number of thiophene rings is 1. The van der Waals surface area contributed by atoms with Gasteiger partial charge in [-0.15, -0.1) is 11.3 Å². The first-order valence-corrected chi connectivity index (χ1v) is 9.04. The van der Waals surface area contributed by atoms with Crippen LogP contribution in [0.4, 0.5) is 0 Å². The summed E-state index contributed by atoms with van der Waals surface area (Å²) in [5.74, 6) is 1.57. The zero-order chi connectivity index (χ0) is 16.5. The number of nitrogens with one attached hydrogen (secondary N) is 1. The van der Waals surface area contributed by atoms with Crippen molar-refractivity contribution in [3.05, 3.63) is 45.6 Å². The second-order valence-electron chi connectivity index (χ2n) is 6.17. The average Bonchev–Trinajstić information content (AvgIpc) is 3.26. The lowest BCUT2D eigenvalue weighted by Gasteiger charge is -2.31. The van der Waals surface area contributed by atoms with E-state index in [9.17, 15) is 4.79 Å². The molecule has 0 spiro atoms. The molecule has 1 unspecified atom stereocenters. The quantitative estimate of drug-likeness (QED) is 0.926. The summed E-state index contributed by atoms with van der Waals surface area (Å²) in [5, 5.41) is 5.17. The molecule has 1 amide bonds. The van der Waals surface area contributed by atoms with Crippen molar-refractivity contribution in [3.8, 4) is 11.5 Å². The minimum atomic E-state index is -0.132. The number of fused-ring (bicyclic) bond motifs is 2. The molecule has 0 saturated heterocycles. The average molecular weight is 344 g/mol. The Morgan fingerprint density at radius 3 is 3.12 bits per heavy atom. The van der Waals surface area contributed by atoms with E-state index in [2.05, 4.69) is 21.7 Å². The lowest BCUT2D eigenvalue weighted by Crippen LogP contribution is -2.46. The van der Waals surface area contributed by atoms with Crippen molar-refractivity contribution in [2.24, 2.45) is 0 Å². The van der Waals surface area contributed by atoms with Gasteiger partial charge in [-0.3, -0.25) is 9.69 Å². The second-order valence-corrected chi connectivity index (χ2v) is 7.17. The molecule has 1 aromatic carbocycles. The summed E-state index contributed by atoms with van der Waals surface area (Å²) >= 11 is 1.82. The molecule has 2 aliphatic rings. The molecule has 0 saturated carbocycles. The van der Waals surface area contributed by atoms with Crippen molar-refractivity contribution < 1.29 is 14.3 Å². The molecule has 0 fully saturated rings. The molecule has 5 nitrogen and oxygen atoms in total. The van der Waals surface area contributed by atoms with E-state index in [4.69, 9.17) is 9.47 Å². The molecule has 1 atom stereocenters. The highest BCUT2D eigenvalue weighted by molar-refractivity contribution is 7.10. The zero-order valence-electron chi connectivity index (χ0n) is 13.6.